The predicted octanol–water partition coefficient (Wildman–Crippen LogP) is 2.91. The molecule has 1 unspecified atom stereocenters. The molecule has 2 N–H and O–H groups in total. The summed E-state index contributed by atoms with van der Waals surface area (Å²) in [7, 11) is 1.63. The predicted molar refractivity (Wildman–Crippen MR) is 82.0 cm³/mol. The van der Waals surface area contributed by atoms with Crippen molar-refractivity contribution in [3.63, 3.8) is 0 Å². The summed E-state index contributed by atoms with van der Waals surface area (Å²) in [5.41, 5.74) is 6.66. The third-order valence-electron chi connectivity index (χ3n) is 3.42. The largest absolute Gasteiger partial charge is 0.496 e. The first-order valence-corrected chi connectivity index (χ1v) is 7.30. The van der Waals surface area contributed by atoms with E-state index in [2.05, 4.69) is 24.0 Å². The Morgan fingerprint density at radius 1 is 1.29 bits per heavy atom. The van der Waals surface area contributed by atoms with Crippen molar-refractivity contribution >= 4 is 0 Å². The van der Waals surface area contributed by atoms with E-state index >= 15 is 0 Å². The van der Waals surface area contributed by atoms with Crippen LogP contribution in [0.25, 0.3) is 11.4 Å². The Morgan fingerprint density at radius 2 is 2.05 bits per heavy atom. The third-order valence-corrected chi connectivity index (χ3v) is 3.42. The fourth-order valence-electron chi connectivity index (χ4n) is 2.45. The van der Waals surface area contributed by atoms with Crippen LogP contribution in [0.1, 0.15) is 26.2 Å². The Kier molecular flexibility index (Phi) is 5.33. The van der Waals surface area contributed by atoms with E-state index in [-0.39, 0.29) is 0 Å². The number of nitrogens with zero attached hydrogens (tertiary/aromatic N) is 2. The maximum Gasteiger partial charge on any atom is 0.227 e. The molecule has 1 atom stereocenters. The highest BCUT2D eigenvalue weighted by Crippen LogP contribution is 2.27. The lowest BCUT2D eigenvalue weighted by Crippen LogP contribution is -2.19. The molecule has 2 aromatic rings. The molecule has 0 amide bonds. The Balaban J connectivity index is 2.14. The first-order valence-electron chi connectivity index (χ1n) is 7.30. The van der Waals surface area contributed by atoms with E-state index in [9.17, 15) is 0 Å². The highest BCUT2D eigenvalue weighted by Gasteiger charge is 2.17. The van der Waals surface area contributed by atoms with Crippen LogP contribution in [0.4, 0.5) is 0 Å². The summed E-state index contributed by atoms with van der Waals surface area (Å²) >= 11 is 0. The van der Waals surface area contributed by atoms with Crippen molar-refractivity contribution in [3.05, 3.63) is 30.2 Å². The second-order valence-electron chi connectivity index (χ2n) is 5.65. The van der Waals surface area contributed by atoms with Gasteiger partial charge in [0, 0.05) is 6.42 Å². The third kappa shape index (κ3) is 4.04. The number of hydrogen-bond acceptors (Lipinski definition) is 5. The molecular formula is C16H23N3O2. The molecule has 0 saturated heterocycles. The van der Waals surface area contributed by atoms with Crippen LogP contribution >= 0.6 is 0 Å². The number of nitrogens with two attached hydrogens (primary N) is 1. The SMILES string of the molecule is COc1ccccc1-c1noc(CC(CN)CC(C)C)n1. The molecule has 5 heteroatoms. The van der Waals surface area contributed by atoms with Crippen molar-refractivity contribution in [2.45, 2.75) is 26.7 Å². The second-order valence-corrected chi connectivity index (χ2v) is 5.65. The van der Waals surface area contributed by atoms with Gasteiger partial charge in [0.2, 0.25) is 11.7 Å². The molecular weight excluding hydrogens is 266 g/mol. The lowest BCUT2D eigenvalue weighted by molar-refractivity contribution is 0.331. The number of rotatable bonds is 7. The topological polar surface area (TPSA) is 74.2 Å². The zero-order valence-electron chi connectivity index (χ0n) is 12.9. The number of ether oxygens (including phenoxy) is 1. The summed E-state index contributed by atoms with van der Waals surface area (Å²) < 4.78 is 10.7. The van der Waals surface area contributed by atoms with Crippen molar-refractivity contribution < 1.29 is 9.26 Å². The highest BCUT2D eigenvalue weighted by molar-refractivity contribution is 5.63. The minimum atomic E-state index is 0.371. The molecule has 0 fully saturated rings. The molecule has 2 rings (SSSR count). The van der Waals surface area contributed by atoms with E-state index < -0.39 is 0 Å². The van der Waals surface area contributed by atoms with E-state index in [0.29, 0.717) is 30.1 Å². The van der Waals surface area contributed by atoms with Gasteiger partial charge >= 0.3 is 0 Å². The average Bonchev–Trinajstić information content (AvgIpc) is 2.94. The summed E-state index contributed by atoms with van der Waals surface area (Å²) in [6, 6.07) is 7.64. The van der Waals surface area contributed by atoms with E-state index in [1.807, 2.05) is 24.3 Å². The first kappa shape index (κ1) is 15.5. The van der Waals surface area contributed by atoms with E-state index in [4.69, 9.17) is 15.0 Å². The van der Waals surface area contributed by atoms with Gasteiger partial charge in [0.15, 0.2) is 0 Å². The van der Waals surface area contributed by atoms with Gasteiger partial charge < -0.3 is 15.0 Å². The maximum atomic E-state index is 5.82. The van der Waals surface area contributed by atoms with Crippen LogP contribution in [0, 0.1) is 11.8 Å². The molecule has 0 bridgehead atoms. The lowest BCUT2D eigenvalue weighted by atomic mass is 9.94. The van der Waals surface area contributed by atoms with Gasteiger partial charge in [-0.2, -0.15) is 4.98 Å². The first-order chi connectivity index (χ1) is 10.1. The fourth-order valence-corrected chi connectivity index (χ4v) is 2.45. The second kappa shape index (κ2) is 7.22. The van der Waals surface area contributed by atoms with Gasteiger partial charge in [-0.1, -0.05) is 31.1 Å². The van der Waals surface area contributed by atoms with E-state index in [1.54, 1.807) is 7.11 Å². The molecule has 0 aliphatic rings. The van der Waals surface area contributed by atoms with Gasteiger partial charge in [-0.25, -0.2) is 0 Å². The number of para-hydroxylation sites is 1. The minimum absolute atomic E-state index is 0.371. The van der Waals surface area contributed by atoms with Gasteiger partial charge in [0.25, 0.3) is 0 Å². The molecule has 1 aromatic heterocycles. The smallest absolute Gasteiger partial charge is 0.227 e. The number of benzene rings is 1. The van der Waals surface area contributed by atoms with Gasteiger partial charge in [-0.15, -0.1) is 0 Å². The Bertz CT molecular complexity index is 566. The molecule has 1 aromatic carbocycles. The number of hydrogen-bond donors (Lipinski definition) is 1. The standard InChI is InChI=1S/C16H23N3O2/c1-11(2)8-12(10-17)9-15-18-16(19-21-15)13-6-4-5-7-14(13)20-3/h4-7,11-12H,8-10,17H2,1-3H3. The summed E-state index contributed by atoms with van der Waals surface area (Å²) in [5, 5.41) is 4.05. The molecule has 5 nitrogen and oxygen atoms in total. The Hall–Kier alpha value is -1.88. The van der Waals surface area contributed by atoms with Crippen molar-refractivity contribution in [1.29, 1.82) is 0 Å². The molecule has 0 radical (unpaired) electrons. The van der Waals surface area contributed by atoms with Crippen LogP contribution in [0.15, 0.2) is 28.8 Å². The summed E-state index contributed by atoms with van der Waals surface area (Å²) in [5.74, 6) is 2.91. The van der Waals surface area contributed by atoms with Crippen LogP contribution in [0.3, 0.4) is 0 Å². The average molecular weight is 289 g/mol. The molecule has 0 spiro atoms. The zero-order valence-corrected chi connectivity index (χ0v) is 12.9. The van der Waals surface area contributed by atoms with Gasteiger partial charge in [-0.05, 0) is 36.9 Å². The maximum absolute atomic E-state index is 5.82. The van der Waals surface area contributed by atoms with Crippen molar-refractivity contribution in [2.24, 2.45) is 17.6 Å². The van der Waals surface area contributed by atoms with Crippen molar-refractivity contribution in [1.82, 2.24) is 10.1 Å². The number of methoxy groups -OCH3 is 1. The Morgan fingerprint density at radius 3 is 2.71 bits per heavy atom. The van der Waals surface area contributed by atoms with E-state index in [1.165, 1.54) is 0 Å². The van der Waals surface area contributed by atoms with Gasteiger partial charge in [0.1, 0.15) is 5.75 Å². The minimum Gasteiger partial charge on any atom is -0.496 e. The van der Waals surface area contributed by atoms with Crippen molar-refractivity contribution in [2.75, 3.05) is 13.7 Å². The fraction of sp³-hybridized carbons (Fsp3) is 0.500. The quantitative estimate of drug-likeness (QED) is 0.848. The monoisotopic (exact) mass is 289 g/mol. The zero-order chi connectivity index (χ0) is 15.2. The Labute approximate surface area is 125 Å². The van der Waals surface area contributed by atoms with Crippen LogP contribution in [-0.2, 0) is 6.42 Å². The van der Waals surface area contributed by atoms with Crippen molar-refractivity contribution in [3.8, 4) is 17.1 Å². The highest BCUT2D eigenvalue weighted by atomic mass is 16.5. The molecule has 21 heavy (non-hydrogen) atoms. The summed E-state index contributed by atoms with van der Waals surface area (Å²) in [6.07, 6.45) is 1.78. The molecule has 0 saturated carbocycles. The molecule has 0 aliphatic carbocycles. The van der Waals surface area contributed by atoms with Gasteiger partial charge in [-0.3, -0.25) is 0 Å². The van der Waals surface area contributed by atoms with Crippen LogP contribution in [0.5, 0.6) is 5.75 Å². The van der Waals surface area contributed by atoms with Crippen LogP contribution in [0.2, 0.25) is 0 Å². The molecule has 1 heterocycles. The van der Waals surface area contributed by atoms with Crippen LogP contribution in [-0.4, -0.2) is 23.8 Å². The van der Waals surface area contributed by atoms with Crippen LogP contribution < -0.4 is 10.5 Å². The van der Waals surface area contributed by atoms with E-state index in [0.717, 1.165) is 24.2 Å². The molecule has 0 aliphatic heterocycles. The lowest BCUT2D eigenvalue weighted by Gasteiger charge is -2.14. The normalized spacial score (nSPS) is 12.6. The summed E-state index contributed by atoms with van der Waals surface area (Å²) in [6.45, 7) is 5.01. The number of aromatic nitrogens is 2. The summed E-state index contributed by atoms with van der Waals surface area (Å²) in [4.78, 5) is 4.47. The van der Waals surface area contributed by atoms with Gasteiger partial charge in [0.05, 0.1) is 12.7 Å². The molecule has 114 valence electrons.